The van der Waals surface area contributed by atoms with Gasteiger partial charge >= 0.3 is 0 Å². The molecule has 1 unspecified atom stereocenters. The molecule has 2 rings (SSSR count). The second-order valence-electron chi connectivity index (χ2n) is 4.40. The molecule has 4 nitrogen and oxygen atoms in total. The minimum Gasteiger partial charge on any atom is -0.481 e. The lowest BCUT2D eigenvalue weighted by molar-refractivity contribution is -0.122. The summed E-state index contributed by atoms with van der Waals surface area (Å²) in [4.78, 5) is 12.1. The Kier molecular flexibility index (Phi) is 4.96. The first kappa shape index (κ1) is 15.1. The van der Waals surface area contributed by atoms with Crippen LogP contribution in [-0.2, 0) is 4.79 Å². The number of halogens is 1. The average molecular weight is 345 g/mol. The number of anilines is 1. The molecule has 0 spiro atoms. The van der Waals surface area contributed by atoms with Crippen LogP contribution in [0.4, 0.5) is 5.69 Å². The van der Waals surface area contributed by atoms with Gasteiger partial charge in [0.05, 0.1) is 11.6 Å². The van der Waals surface area contributed by atoms with E-state index in [0.29, 0.717) is 17.0 Å². The molecule has 0 aliphatic rings. The van der Waals surface area contributed by atoms with Crippen LogP contribution in [0.25, 0.3) is 0 Å². The number of amides is 1. The van der Waals surface area contributed by atoms with Crippen molar-refractivity contribution in [3.63, 3.8) is 0 Å². The Labute approximate surface area is 131 Å². The summed E-state index contributed by atoms with van der Waals surface area (Å²) in [5.74, 6) is 0.347. The van der Waals surface area contributed by atoms with Crippen LogP contribution in [0.3, 0.4) is 0 Å². The molecule has 1 amide bonds. The molecule has 0 bridgehead atoms. The van der Waals surface area contributed by atoms with Crippen molar-refractivity contribution in [3.8, 4) is 11.8 Å². The Hall–Kier alpha value is -2.32. The first-order valence-corrected chi connectivity index (χ1v) is 7.11. The number of benzene rings is 2. The standard InChI is InChI=1S/C16H13BrN2O2/c1-11(21-15-7-5-13(17)6-8-15)16(20)19-14-4-2-3-12(9-14)10-18/h2-9,11H,1H3,(H,19,20). The van der Waals surface area contributed by atoms with E-state index in [1.807, 2.05) is 18.2 Å². The fourth-order valence-electron chi connectivity index (χ4n) is 1.68. The highest BCUT2D eigenvalue weighted by Gasteiger charge is 2.15. The second kappa shape index (κ2) is 6.91. The summed E-state index contributed by atoms with van der Waals surface area (Å²) in [6, 6.07) is 16.0. The second-order valence-corrected chi connectivity index (χ2v) is 5.31. The molecule has 2 aromatic carbocycles. The fraction of sp³-hybridized carbons (Fsp3) is 0.125. The number of hydrogen-bond acceptors (Lipinski definition) is 3. The number of carbonyl (C=O) groups excluding carboxylic acids is 1. The van der Waals surface area contributed by atoms with E-state index in [2.05, 4.69) is 21.2 Å². The number of hydrogen-bond donors (Lipinski definition) is 1. The maximum absolute atomic E-state index is 12.1. The maximum Gasteiger partial charge on any atom is 0.265 e. The number of nitrogens with zero attached hydrogens (tertiary/aromatic N) is 1. The van der Waals surface area contributed by atoms with Gasteiger partial charge in [0.15, 0.2) is 6.10 Å². The van der Waals surface area contributed by atoms with E-state index >= 15 is 0 Å². The summed E-state index contributed by atoms with van der Waals surface area (Å²) >= 11 is 3.34. The first-order valence-electron chi connectivity index (χ1n) is 6.32. The van der Waals surface area contributed by atoms with Crippen molar-refractivity contribution in [2.45, 2.75) is 13.0 Å². The summed E-state index contributed by atoms with van der Waals surface area (Å²) < 4.78 is 6.51. The van der Waals surface area contributed by atoms with E-state index in [1.54, 1.807) is 43.3 Å². The van der Waals surface area contributed by atoms with Crippen LogP contribution in [0.1, 0.15) is 12.5 Å². The largest absolute Gasteiger partial charge is 0.481 e. The number of nitriles is 1. The van der Waals surface area contributed by atoms with Crippen LogP contribution >= 0.6 is 15.9 Å². The lowest BCUT2D eigenvalue weighted by Crippen LogP contribution is -2.30. The average Bonchev–Trinajstić information content (AvgIpc) is 2.49. The zero-order valence-corrected chi connectivity index (χ0v) is 12.9. The van der Waals surface area contributed by atoms with Gasteiger partial charge in [-0.25, -0.2) is 0 Å². The zero-order valence-electron chi connectivity index (χ0n) is 11.3. The summed E-state index contributed by atoms with van der Waals surface area (Å²) in [6.45, 7) is 1.67. The molecule has 2 aromatic rings. The van der Waals surface area contributed by atoms with Crippen molar-refractivity contribution >= 4 is 27.5 Å². The summed E-state index contributed by atoms with van der Waals surface area (Å²) in [6.07, 6.45) is -0.642. The molecule has 106 valence electrons. The van der Waals surface area contributed by atoms with Crippen LogP contribution in [-0.4, -0.2) is 12.0 Å². The molecule has 0 heterocycles. The molecule has 0 saturated heterocycles. The number of carbonyl (C=O) groups is 1. The molecular formula is C16H13BrN2O2. The van der Waals surface area contributed by atoms with Gasteiger partial charge in [0.25, 0.3) is 5.91 Å². The highest BCUT2D eigenvalue weighted by atomic mass is 79.9. The minimum absolute atomic E-state index is 0.270. The molecule has 21 heavy (non-hydrogen) atoms. The number of rotatable bonds is 4. The molecule has 1 atom stereocenters. The van der Waals surface area contributed by atoms with Crippen molar-refractivity contribution < 1.29 is 9.53 Å². The first-order chi connectivity index (χ1) is 10.1. The van der Waals surface area contributed by atoms with Crippen LogP contribution in [0.2, 0.25) is 0 Å². The summed E-state index contributed by atoms with van der Waals surface area (Å²) in [5, 5.41) is 11.6. The van der Waals surface area contributed by atoms with Gasteiger partial charge in [-0.1, -0.05) is 22.0 Å². The van der Waals surface area contributed by atoms with Crippen molar-refractivity contribution in [1.29, 1.82) is 5.26 Å². The smallest absolute Gasteiger partial charge is 0.265 e. The van der Waals surface area contributed by atoms with E-state index in [4.69, 9.17) is 10.00 Å². The molecule has 0 aromatic heterocycles. The Balaban J connectivity index is 1.99. The SMILES string of the molecule is CC(Oc1ccc(Br)cc1)C(=O)Nc1cccc(C#N)c1. The predicted molar refractivity (Wildman–Crippen MR) is 84.0 cm³/mol. The topological polar surface area (TPSA) is 62.1 Å². The highest BCUT2D eigenvalue weighted by molar-refractivity contribution is 9.10. The van der Waals surface area contributed by atoms with E-state index in [-0.39, 0.29) is 5.91 Å². The number of nitrogens with one attached hydrogen (secondary N) is 1. The zero-order chi connectivity index (χ0) is 15.2. The van der Waals surface area contributed by atoms with Crippen LogP contribution in [0.5, 0.6) is 5.75 Å². The monoisotopic (exact) mass is 344 g/mol. The van der Waals surface area contributed by atoms with Gasteiger partial charge in [0.1, 0.15) is 5.75 Å². The van der Waals surface area contributed by atoms with Crippen molar-refractivity contribution in [2.75, 3.05) is 5.32 Å². The molecular weight excluding hydrogens is 332 g/mol. The van der Waals surface area contributed by atoms with Crippen LogP contribution < -0.4 is 10.1 Å². The molecule has 0 fully saturated rings. The Morgan fingerprint density at radius 1 is 1.29 bits per heavy atom. The van der Waals surface area contributed by atoms with E-state index in [1.165, 1.54) is 0 Å². The van der Waals surface area contributed by atoms with Crippen molar-refractivity contribution in [3.05, 3.63) is 58.6 Å². The molecule has 0 saturated carbocycles. The molecule has 5 heteroatoms. The quantitative estimate of drug-likeness (QED) is 0.919. The van der Waals surface area contributed by atoms with Gasteiger partial charge < -0.3 is 10.1 Å². The molecule has 0 aliphatic heterocycles. The lowest BCUT2D eigenvalue weighted by Gasteiger charge is -2.14. The Morgan fingerprint density at radius 2 is 2.00 bits per heavy atom. The number of ether oxygens (including phenoxy) is 1. The predicted octanol–water partition coefficient (Wildman–Crippen LogP) is 3.73. The van der Waals surface area contributed by atoms with Crippen molar-refractivity contribution in [1.82, 2.24) is 0 Å². The van der Waals surface area contributed by atoms with Crippen LogP contribution in [0.15, 0.2) is 53.0 Å². The fourth-order valence-corrected chi connectivity index (χ4v) is 1.95. The van der Waals surface area contributed by atoms with E-state index in [9.17, 15) is 4.79 Å². The normalized spacial score (nSPS) is 11.3. The third-order valence-corrected chi connectivity index (χ3v) is 3.28. The molecule has 0 aliphatic carbocycles. The van der Waals surface area contributed by atoms with E-state index < -0.39 is 6.10 Å². The Bertz CT molecular complexity index is 677. The Morgan fingerprint density at radius 3 is 2.67 bits per heavy atom. The highest BCUT2D eigenvalue weighted by Crippen LogP contribution is 2.18. The summed E-state index contributed by atoms with van der Waals surface area (Å²) in [5.41, 5.74) is 1.07. The third-order valence-electron chi connectivity index (χ3n) is 2.75. The van der Waals surface area contributed by atoms with Crippen LogP contribution in [0, 0.1) is 11.3 Å². The van der Waals surface area contributed by atoms with Gasteiger partial charge in [-0.2, -0.15) is 5.26 Å². The van der Waals surface area contributed by atoms with Gasteiger partial charge in [0.2, 0.25) is 0 Å². The van der Waals surface area contributed by atoms with E-state index in [0.717, 1.165) is 4.47 Å². The minimum atomic E-state index is -0.642. The van der Waals surface area contributed by atoms with Gasteiger partial charge in [-0.3, -0.25) is 4.79 Å². The third kappa shape index (κ3) is 4.33. The summed E-state index contributed by atoms with van der Waals surface area (Å²) in [7, 11) is 0. The van der Waals surface area contributed by atoms with Gasteiger partial charge in [-0.05, 0) is 49.4 Å². The van der Waals surface area contributed by atoms with Crippen molar-refractivity contribution in [2.24, 2.45) is 0 Å². The maximum atomic E-state index is 12.1. The molecule has 0 radical (unpaired) electrons. The van der Waals surface area contributed by atoms with Gasteiger partial charge in [0, 0.05) is 10.2 Å². The molecule has 1 N–H and O–H groups in total. The lowest BCUT2D eigenvalue weighted by atomic mass is 10.2. The van der Waals surface area contributed by atoms with Gasteiger partial charge in [-0.15, -0.1) is 0 Å².